The molecule has 6 nitrogen and oxygen atoms in total. The maximum absolute atomic E-state index is 9.96. The number of ether oxygens (including phenoxy) is 1. The fourth-order valence-electron chi connectivity index (χ4n) is 1.96. The zero-order chi connectivity index (χ0) is 13.2. The molecule has 1 aliphatic rings. The van der Waals surface area contributed by atoms with Gasteiger partial charge in [-0.1, -0.05) is 18.2 Å². The average Bonchev–Trinajstić information content (AvgIpc) is 2.41. The third kappa shape index (κ3) is 2.33. The van der Waals surface area contributed by atoms with Crippen molar-refractivity contribution >= 4 is 5.69 Å². The Hall–Kier alpha value is -1.18. The van der Waals surface area contributed by atoms with Crippen LogP contribution < -0.4 is 5.32 Å². The third-order valence-electron chi connectivity index (χ3n) is 3.07. The van der Waals surface area contributed by atoms with Crippen LogP contribution in [-0.4, -0.2) is 57.7 Å². The molecule has 0 saturated carbocycles. The van der Waals surface area contributed by atoms with Crippen molar-refractivity contribution in [2.75, 3.05) is 18.5 Å². The van der Waals surface area contributed by atoms with Gasteiger partial charge in [0, 0.05) is 5.69 Å². The number of rotatable bonds is 3. The lowest BCUT2D eigenvalue weighted by molar-refractivity contribution is -0.235. The van der Waals surface area contributed by atoms with Gasteiger partial charge in [0.2, 0.25) is 0 Å². The summed E-state index contributed by atoms with van der Waals surface area (Å²) < 4.78 is 5.29. The second kappa shape index (κ2) is 5.21. The number of hydrogen-bond acceptors (Lipinski definition) is 6. The van der Waals surface area contributed by atoms with Gasteiger partial charge in [0.1, 0.15) is 18.3 Å². The Kier molecular flexibility index (Phi) is 3.84. The Bertz CT molecular complexity index is 387. The highest BCUT2D eigenvalue weighted by Gasteiger charge is 2.49. The van der Waals surface area contributed by atoms with Gasteiger partial charge in [-0.15, -0.1) is 0 Å². The van der Waals surface area contributed by atoms with Crippen molar-refractivity contribution in [2.45, 2.75) is 24.0 Å². The Morgan fingerprint density at radius 2 is 1.89 bits per heavy atom. The summed E-state index contributed by atoms with van der Waals surface area (Å²) in [5.41, 5.74) is -0.880. The van der Waals surface area contributed by atoms with Crippen LogP contribution in [0.25, 0.3) is 0 Å². The summed E-state index contributed by atoms with van der Waals surface area (Å²) in [6, 6.07) is 8.88. The molecule has 1 aromatic carbocycles. The van der Waals surface area contributed by atoms with E-state index >= 15 is 0 Å². The van der Waals surface area contributed by atoms with Crippen LogP contribution in [0.2, 0.25) is 0 Å². The van der Waals surface area contributed by atoms with Gasteiger partial charge >= 0.3 is 0 Å². The van der Waals surface area contributed by atoms with Crippen molar-refractivity contribution in [3.63, 3.8) is 0 Å². The zero-order valence-corrected chi connectivity index (χ0v) is 9.73. The molecule has 1 fully saturated rings. The van der Waals surface area contributed by atoms with E-state index in [1.54, 1.807) is 24.3 Å². The molecule has 0 radical (unpaired) electrons. The van der Waals surface area contributed by atoms with Gasteiger partial charge < -0.3 is 30.5 Å². The highest BCUT2D eigenvalue weighted by Crippen LogP contribution is 2.27. The van der Waals surface area contributed by atoms with Gasteiger partial charge in [0.25, 0.3) is 0 Å². The first-order valence-corrected chi connectivity index (χ1v) is 5.71. The van der Waals surface area contributed by atoms with Crippen LogP contribution >= 0.6 is 0 Å². The van der Waals surface area contributed by atoms with Gasteiger partial charge in [-0.3, -0.25) is 0 Å². The highest BCUT2D eigenvalue weighted by molar-refractivity contribution is 5.45. The van der Waals surface area contributed by atoms with Gasteiger partial charge in [-0.25, -0.2) is 0 Å². The topological polar surface area (TPSA) is 102 Å². The molecule has 0 amide bonds. The minimum atomic E-state index is -1.51. The Morgan fingerprint density at radius 1 is 1.22 bits per heavy atom. The summed E-state index contributed by atoms with van der Waals surface area (Å²) >= 11 is 0. The normalized spacial score (nSPS) is 36.3. The molecule has 18 heavy (non-hydrogen) atoms. The van der Waals surface area contributed by atoms with Crippen LogP contribution in [0.1, 0.15) is 0 Å². The molecular weight excluding hydrogens is 238 g/mol. The Labute approximate surface area is 104 Å². The van der Waals surface area contributed by atoms with Crippen molar-refractivity contribution in [1.29, 1.82) is 0 Å². The van der Waals surface area contributed by atoms with E-state index in [-0.39, 0.29) is 6.61 Å². The molecule has 4 atom stereocenters. The molecule has 0 aliphatic carbocycles. The molecule has 1 aliphatic heterocycles. The van der Waals surface area contributed by atoms with E-state index in [0.717, 1.165) is 0 Å². The number of hydrogen-bond donors (Lipinski definition) is 5. The monoisotopic (exact) mass is 255 g/mol. The molecule has 100 valence electrons. The first kappa shape index (κ1) is 13.3. The molecule has 6 heteroatoms. The van der Waals surface area contributed by atoms with Crippen LogP contribution in [0, 0.1) is 0 Å². The number of aliphatic hydroxyl groups excluding tert-OH is 4. The van der Waals surface area contributed by atoms with E-state index < -0.39 is 30.6 Å². The van der Waals surface area contributed by atoms with Gasteiger partial charge in [0.15, 0.2) is 5.72 Å². The van der Waals surface area contributed by atoms with Gasteiger partial charge in [-0.05, 0) is 12.1 Å². The third-order valence-corrected chi connectivity index (χ3v) is 3.07. The zero-order valence-electron chi connectivity index (χ0n) is 9.73. The quantitative estimate of drug-likeness (QED) is 0.470. The predicted octanol–water partition coefficient (Wildman–Crippen LogP) is -1.10. The molecular formula is C12H17NO5. The van der Waals surface area contributed by atoms with Gasteiger partial charge in [0.05, 0.1) is 13.2 Å². The van der Waals surface area contributed by atoms with Crippen molar-refractivity contribution in [3.05, 3.63) is 30.3 Å². The molecule has 1 saturated heterocycles. The summed E-state index contributed by atoms with van der Waals surface area (Å²) in [5.74, 6) is 0. The van der Waals surface area contributed by atoms with Crippen molar-refractivity contribution in [3.8, 4) is 0 Å². The van der Waals surface area contributed by atoms with Crippen LogP contribution in [0.4, 0.5) is 5.69 Å². The number of benzene rings is 1. The SMILES string of the molecule is OCC1(Nc2ccccc2)OCC(O)C(O)C1O. The largest absolute Gasteiger partial charge is 0.391 e. The highest BCUT2D eigenvalue weighted by atomic mass is 16.6. The van der Waals surface area contributed by atoms with E-state index in [1.165, 1.54) is 0 Å². The maximum Gasteiger partial charge on any atom is 0.190 e. The summed E-state index contributed by atoms with van der Waals surface area (Å²) in [5, 5.41) is 41.3. The van der Waals surface area contributed by atoms with Crippen LogP contribution in [0.5, 0.6) is 0 Å². The summed E-state index contributed by atoms with van der Waals surface area (Å²) in [6.45, 7) is -0.703. The first-order valence-electron chi connectivity index (χ1n) is 5.71. The molecule has 0 aromatic heterocycles. The van der Waals surface area contributed by atoms with E-state index in [0.29, 0.717) is 5.69 Å². The second-order valence-electron chi connectivity index (χ2n) is 4.35. The lowest BCUT2D eigenvalue weighted by Crippen LogP contribution is -2.66. The molecule has 0 bridgehead atoms. The standard InChI is InChI=1S/C12H17NO5/c14-7-12(13-8-4-2-1-3-5-8)11(17)10(16)9(15)6-18-12/h1-5,9-11,13-17H,6-7H2. The summed E-state index contributed by atoms with van der Waals surface area (Å²) in [6.07, 6.45) is -3.98. The van der Waals surface area contributed by atoms with Crippen molar-refractivity contribution in [2.24, 2.45) is 0 Å². The average molecular weight is 255 g/mol. The molecule has 1 aromatic rings. The van der Waals surface area contributed by atoms with Crippen LogP contribution in [0.3, 0.4) is 0 Å². The fraction of sp³-hybridized carbons (Fsp3) is 0.500. The van der Waals surface area contributed by atoms with E-state index in [1.807, 2.05) is 6.07 Å². The lowest BCUT2D eigenvalue weighted by Gasteiger charge is -2.45. The van der Waals surface area contributed by atoms with Crippen LogP contribution in [-0.2, 0) is 4.74 Å². The lowest BCUT2D eigenvalue weighted by atomic mass is 9.94. The first-order chi connectivity index (χ1) is 8.59. The molecule has 4 unspecified atom stereocenters. The number of anilines is 1. The van der Waals surface area contributed by atoms with Gasteiger partial charge in [-0.2, -0.15) is 0 Å². The van der Waals surface area contributed by atoms with E-state index in [4.69, 9.17) is 4.74 Å². The van der Waals surface area contributed by atoms with Crippen molar-refractivity contribution < 1.29 is 25.2 Å². The fourth-order valence-corrected chi connectivity index (χ4v) is 1.96. The minimum absolute atomic E-state index is 0.168. The number of aliphatic hydroxyl groups is 4. The summed E-state index contributed by atoms with van der Waals surface area (Å²) in [7, 11) is 0. The smallest absolute Gasteiger partial charge is 0.190 e. The molecule has 2 rings (SSSR count). The molecule has 5 N–H and O–H groups in total. The summed E-state index contributed by atoms with van der Waals surface area (Å²) in [4.78, 5) is 0. The number of para-hydroxylation sites is 1. The minimum Gasteiger partial charge on any atom is -0.391 e. The second-order valence-corrected chi connectivity index (χ2v) is 4.35. The van der Waals surface area contributed by atoms with E-state index in [9.17, 15) is 20.4 Å². The van der Waals surface area contributed by atoms with Crippen LogP contribution in [0.15, 0.2) is 30.3 Å². The Balaban J connectivity index is 2.20. The maximum atomic E-state index is 9.96. The van der Waals surface area contributed by atoms with E-state index in [2.05, 4.69) is 5.32 Å². The molecule has 0 spiro atoms. The number of nitrogens with one attached hydrogen (secondary N) is 1. The molecule has 1 heterocycles. The van der Waals surface area contributed by atoms with Crippen molar-refractivity contribution in [1.82, 2.24) is 0 Å². The Morgan fingerprint density at radius 3 is 2.50 bits per heavy atom. The predicted molar refractivity (Wildman–Crippen MR) is 63.9 cm³/mol.